The van der Waals surface area contributed by atoms with Gasteiger partial charge in [-0.1, -0.05) is 15.9 Å². The first-order valence-corrected chi connectivity index (χ1v) is 4.88. The minimum absolute atomic E-state index is 0.146. The molecule has 0 spiro atoms. The second-order valence-electron chi connectivity index (χ2n) is 2.83. The summed E-state index contributed by atoms with van der Waals surface area (Å²) in [6.07, 6.45) is -0.383. The van der Waals surface area contributed by atoms with Gasteiger partial charge in [0.05, 0.1) is 7.11 Å². The molecule has 0 aromatic heterocycles. The molecule has 0 aliphatic heterocycles. The van der Waals surface area contributed by atoms with Crippen molar-refractivity contribution in [2.75, 3.05) is 7.11 Å². The first kappa shape index (κ1) is 11.8. The van der Waals surface area contributed by atoms with Crippen molar-refractivity contribution in [2.24, 2.45) is 0 Å². The van der Waals surface area contributed by atoms with Crippen molar-refractivity contribution < 1.29 is 18.7 Å². The van der Waals surface area contributed by atoms with Gasteiger partial charge in [0, 0.05) is 10.0 Å². The lowest BCUT2D eigenvalue weighted by Crippen LogP contribution is -2.09. The van der Waals surface area contributed by atoms with Crippen LogP contribution in [0.1, 0.15) is 16.8 Å². The molecular weight excluding hydrogens is 267 g/mol. The Morgan fingerprint density at radius 3 is 2.60 bits per heavy atom. The average Bonchev–Trinajstić information content (AvgIpc) is 2.16. The van der Waals surface area contributed by atoms with E-state index >= 15 is 0 Å². The van der Waals surface area contributed by atoms with Crippen molar-refractivity contribution in [3.8, 4) is 0 Å². The van der Waals surface area contributed by atoms with Gasteiger partial charge >= 0.3 is 5.97 Å². The maximum Gasteiger partial charge on any atom is 0.313 e. The maximum absolute atomic E-state index is 12.9. The van der Waals surface area contributed by atoms with Crippen molar-refractivity contribution in [3.63, 3.8) is 0 Å². The molecule has 1 rings (SSSR count). The Bertz CT molecular complexity index is 383. The summed E-state index contributed by atoms with van der Waals surface area (Å²) in [6.45, 7) is 0. The molecule has 1 aromatic carbocycles. The van der Waals surface area contributed by atoms with Crippen molar-refractivity contribution in [2.45, 2.75) is 6.42 Å². The van der Waals surface area contributed by atoms with Crippen molar-refractivity contribution in [3.05, 3.63) is 34.1 Å². The lowest BCUT2D eigenvalue weighted by molar-refractivity contribution is -0.139. The SMILES string of the molecule is COC(=O)CC(=O)c1cc(F)cc(Br)c1. The zero-order valence-corrected chi connectivity index (χ0v) is 9.51. The lowest BCUT2D eigenvalue weighted by atomic mass is 10.1. The third-order valence-corrected chi connectivity index (χ3v) is 2.17. The van der Waals surface area contributed by atoms with E-state index < -0.39 is 17.6 Å². The first-order chi connectivity index (χ1) is 7.02. The second kappa shape index (κ2) is 5.02. The van der Waals surface area contributed by atoms with Gasteiger partial charge in [-0.25, -0.2) is 4.39 Å². The number of hydrogen-bond donors (Lipinski definition) is 0. The summed E-state index contributed by atoms with van der Waals surface area (Å²) >= 11 is 3.06. The molecule has 1 aromatic rings. The van der Waals surface area contributed by atoms with Crippen molar-refractivity contribution >= 4 is 27.7 Å². The van der Waals surface area contributed by atoms with E-state index in [1.807, 2.05) is 0 Å². The normalized spacial score (nSPS) is 9.80. The van der Waals surface area contributed by atoms with E-state index in [4.69, 9.17) is 0 Å². The van der Waals surface area contributed by atoms with E-state index in [0.717, 1.165) is 6.07 Å². The Morgan fingerprint density at radius 2 is 2.07 bits per heavy atom. The molecule has 0 fully saturated rings. The molecule has 0 amide bonds. The third-order valence-electron chi connectivity index (χ3n) is 1.72. The van der Waals surface area contributed by atoms with Crippen molar-refractivity contribution in [1.29, 1.82) is 0 Å². The van der Waals surface area contributed by atoms with Gasteiger partial charge in [-0.2, -0.15) is 0 Å². The standard InChI is InChI=1S/C10H8BrFO3/c1-15-10(14)5-9(13)6-2-7(11)4-8(12)3-6/h2-4H,5H2,1H3. The summed E-state index contributed by atoms with van der Waals surface area (Å²) in [5.74, 6) is -1.64. The molecule has 0 bridgehead atoms. The predicted molar refractivity (Wildman–Crippen MR) is 55.1 cm³/mol. The van der Waals surface area contributed by atoms with E-state index in [9.17, 15) is 14.0 Å². The number of ether oxygens (including phenoxy) is 1. The highest BCUT2D eigenvalue weighted by molar-refractivity contribution is 9.10. The molecule has 0 saturated heterocycles. The molecule has 0 aliphatic carbocycles. The summed E-state index contributed by atoms with van der Waals surface area (Å²) in [4.78, 5) is 22.2. The number of rotatable bonds is 3. The van der Waals surface area contributed by atoms with Crippen LogP contribution in [0.2, 0.25) is 0 Å². The second-order valence-corrected chi connectivity index (χ2v) is 3.75. The highest BCUT2D eigenvalue weighted by Gasteiger charge is 2.13. The van der Waals surface area contributed by atoms with Crippen LogP contribution >= 0.6 is 15.9 Å². The molecule has 0 radical (unpaired) electrons. The summed E-state index contributed by atoms with van der Waals surface area (Å²) in [6, 6.07) is 3.76. The van der Waals surface area contributed by atoms with Crippen LogP contribution in [0.25, 0.3) is 0 Å². The van der Waals surface area contributed by atoms with Crippen LogP contribution in [0.4, 0.5) is 4.39 Å². The van der Waals surface area contributed by atoms with Crippen LogP contribution in [0.15, 0.2) is 22.7 Å². The van der Waals surface area contributed by atoms with E-state index in [1.165, 1.54) is 19.2 Å². The Kier molecular flexibility index (Phi) is 3.96. The highest BCUT2D eigenvalue weighted by Crippen LogP contribution is 2.16. The van der Waals surface area contributed by atoms with Crippen LogP contribution in [0.5, 0.6) is 0 Å². The largest absolute Gasteiger partial charge is 0.469 e. The molecule has 5 heteroatoms. The van der Waals surface area contributed by atoms with Gasteiger partial charge in [-0.15, -0.1) is 0 Å². The van der Waals surface area contributed by atoms with E-state index in [-0.39, 0.29) is 12.0 Å². The van der Waals surface area contributed by atoms with Gasteiger partial charge in [0.25, 0.3) is 0 Å². The average molecular weight is 275 g/mol. The van der Waals surface area contributed by atoms with Crippen molar-refractivity contribution in [1.82, 2.24) is 0 Å². The number of benzene rings is 1. The molecule has 0 unspecified atom stereocenters. The van der Waals surface area contributed by atoms with E-state index in [1.54, 1.807) is 0 Å². The van der Waals surface area contributed by atoms with Crippen LogP contribution in [-0.4, -0.2) is 18.9 Å². The first-order valence-electron chi connectivity index (χ1n) is 4.09. The number of carbonyl (C=O) groups is 2. The Morgan fingerprint density at radius 1 is 1.40 bits per heavy atom. The zero-order valence-electron chi connectivity index (χ0n) is 7.92. The van der Waals surface area contributed by atoms with Gasteiger partial charge in [0.15, 0.2) is 5.78 Å². The summed E-state index contributed by atoms with van der Waals surface area (Å²) in [7, 11) is 1.19. The zero-order chi connectivity index (χ0) is 11.4. The quantitative estimate of drug-likeness (QED) is 0.483. The topological polar surface area (TPSA) is 43.4 Å². The van der Waals surface area contributed by atoms with Gasteiger partial charge in [0.1, 0.15) is 12.2 Å². The van der Waals surface area contributed by atoms with Crippen LogP contribution in [-0.2, 0) is 9.53 Å². The smallest absolute Gasteiger partial charge is 0.313 e. The minimum Gasteiger partial charge on any atom is -0.469 e. The number of esters is 1. The third kappa shape index (κ3) is 3.43. The van der Waals surface area contributed by atoms with E-state index in [2.05, 4.69) is 20.7 Å². The molecular formula is C10H8BrFO3. The van der Waals surface area contributed by atoms with Crippen LogP contribution < -0.4 is 0 Å². The number of Topliss-reactive ketones (excluding diaryl/α,β-unsaturated/α-hetero) is 1. The molecule has 0 heterocycles. The Balaban J connectivity index is 2.86. The fourth-order valence-electron chi connectivity index (χ4n) is 1.02. The Labute approximate surface area is 94.4 Å². The molecule has 80 valence electrons. The number of ketones is 1. The number of hydrogen-bond acceptors (Lipinski definition) is 3. The monoisotopic (exact) mass is 274 g/mol. The summed E-state index contributed by atoms with van der Waals surface area (Å²) < 4.78 is 17.7. The molecule has 0 aliphatic rings. The number of carbonyl (C=O) groups excluding carboxylic acids is 2. The highest BCUT2D eigenvalue weighted by atomic mass is 79.9. The molecule has 0 atom stereocenters. The maximum atomic E-state index is 12.9. The fourth-order valence-corrected chi connectivity index (χ4v) is 1.49. The molecule has 3 nitrogen and oxygen atoms in total. The molecule has 0 saturated carbocycles. The summed E-state index contributed by atoms with van der Waals surface area (Å²) in [5.41, 5.74) is 0.146. The lowest BCUT2D eigenvalue weighted by Gasteiger charge is -2.01. The van der Waals surface area contributed by atoms with Gasteiger partial charge < -0.3 is 4.74 Å². The minimum atomic E-state index is -0.639. The van der Waals surface area contributed by atoms with Crippen LogP contribution in [0, 0.1) is 5.82 Å². The van der Waals surface area contributed by atoms with Gasteiger partial charge in [-0.3, -0.25) is 9.59 Å². The predicted octanol–water partition coefficient (Wildman–Crippen LogP) is 2.33. The number of halogens is 2. The summed E-state index contributed by atoms with van der Waals surface area (Å²) in [5, 5.41) is 0. The molecule has 0 N–H and O–H groups in total. The van der Waals surface area contributed by atoms with Crippen LogP contribution in [0.3, 0.4) is 0 Å². The van der Waals surface area contributed by atoms with E-state index in [0.29, 0.717) is 4.47 Å². The number of methoxy groups -OCH3 is 1. The van der Waals surface area contributed by atoms with Gasteiger partial charge in [-0.05, 0) is 18.2 Å². The fraction of sp³-hybridized carbons (Fsp3) is 0.200. The van der Waals surface area contributed by atoms with Gasteiger partial charge in [0.2, 0.25) is 0 Å². The molecule has 15 heavy (non-hydrogen) atoms. The Hall–Kier alpha value is -1.23.